The predicted octanol–water partition coefficient (Wildman–Crippen LogP) is 4.44. The lowest BCUT2D eigenvalue weighted by Crippen LogP contribution is -2.29. The highest BCUT2D eigenvalue weighted by Gasteiger charge is 2.19. The summed E-state index contributed by atoms with van der Waals surface area (Å²) in [7, 11) is 0. The van der Waals surface area contributed by atoms with Gasteiger partial charge >= 0.3 is 5.97 Å². The minimum atomic E-state index is -0.758. The molecule has 0 saturated carbocycles. The number of benzene rings is 3. The van der Waals surface area contributed by atoms with E-state index in [-0.39, 0.29) is 17.2 Å². The van der Waals surface area contributed by atoms with Crippen molar-refractivity contribution in [3.8, 4) is 0 Å². The molecule has 3 aromatic carbocycles. The van der Waals surface area contributed by atoms with Crippen LogP contribution in [0.4, 0.5) is 5.69 Å². The summed E-state index contributed by atoms with van der Waals surface area (Å²) in [5, 5.41) is 7.87. The van der Waals surface area contributed by atoms with E-state index in [0.717, 1.165) is 11.1 Å². The number of carbonyl (C=O) groups excluding carboxylic acids is 2. The van der Waals surface area contributed by atoms with Crippen molar-refractivity contribution in [3.05, 3.63) is 106 Å². The van der Waals surface area contributed by atoms with Gasteiger partial charge < -0.3 is 10.1 Å². The number of rotatable bonds is 8. The summed E-state index contributed by atoms with van der Waals surface area (Å²) in [6.45, 7) is 3.81. The van der Waals surface area contributed by atoms with Crippen LogP contribution in [-0.4, -0.2) is 28.3 Å². The lowest BCUT2D eigenvalue weighted by Gasteiger charge is -2.13. The van der Waals surface area contributed by atoms with Gasteiger partial charge in [-0.25, -0.2) is 9.48 Å². The van der Waals surface area contributed by atoms with Crippen LogP contribution >= 0.6 is 0 Å². The number of amides is 1. The van der Waals surface area contributed by atoms with Crippen LogP contribution in [0.1, 0.15) is 35.5 Å². The largest absolute Gasteiger partial charge is 0.451 e. The number of nitrogens with zero attached hydrogens (tertiary/aromatic N) is 2. The molecule has 0 spiro atoms. The van der Waals surface area contributed by atoms with Crippen molar-refractivity contribution in [2.24, 2.45) is 5.92 Å². The van der Waals surface area contributed by atoms with Crippen molar-refractivity contribution in [2.75, 3.05) is 11.9 Å². The Morgan fingerprint density at radius 1 is 0.914 bits per heavy atom. The fraction of sp³-hybridized carbons (Fsp3) is 0.214. The van der Waals surface area contributed by atoms with Crippen LogP contribution in [0.2, 0.25) is 0 Å². The Labute approximate surface area is 203 Å². The second-order valence-electron chi connectivity index (χ2n) is 8.72. The normalized spacial score (nSPS) is 10.9. The van der Waals surface area contributed by atoms with Gasteiger partial charge in [-0.05, 0) is 35.6 Å². The van der Waals surface area contributed by atoms with Gasteiger partial charge in [0.1, 0.15) is 0 Å². The molecule has 0 aliphatic carbocycles. The maximum Gasteiger partial charge on any atom is 0.359 e. The molecule has 0 aliphatic heterocycles. The molecule has 0 unspecified atom stereocenters. The number of aromatic nitrogens is 2. The first-order chi connectivity index (χ1) is 16.9. The number of anilines is 1. The van der Waals surface area contributed by atoms with Crippen LogP contribution in [0.5, 0.6) is 0 Å². The van der Waals surface area contributed by atoms with Gasteiger partial charge in [0.05, 0.1) is 5.39 Å². The summed E-state index contributed by atoms with van der Waals surface area (Å²) >= 11 is 0. The molecular weight excluding hydrogens is 442 g/mol. The number of hydrogen-bond donors (Lipinski definition) is 1. The summed E-state index contributed by atoms with van der Waals surface area (Å²) in [6.07, 6.45) is 0.657. The Bertz CT molecular complexity index is 1410. The van der Waals surface area contributed by atoms with Crippen molar-refractivity contribution in [3.63, 3.8) is 0 Å². The minimum Gasteiger partial charge on any atom is -0.451 e. The number of ether oxygens (including phenoxy) is 1. The third-order valence-electron chi connectivity index (χ3n) is 5.46. The smallest absolute Gasteiger partial charge is 0.359 e. The molecular formula is C28H27N3O4. The third-order valence-corrected chi connectivity index (χ3v) is 5.46. The Morgan fingerprint density at radius 2 is 1.57 bits per heavy atom. The highest BCUT2D eigenvalue weighted by atomic mass is 16.5. The summed E-state index contributed by atoms with van der Waals surface area (Å²) in [6, 6.07) is 24.2. The maximum atomic E-state index is 12.9. The van der Waals surface area contributed by atoms with Gasteiger partial charge in [-0.15, -0.1) is 0 Å². The molecule has 0 fully saturated rings. The monoisotopic (exact) mass is 469 g/mol. The van der Waals surface area contributed by atoms with E-state index in [0.29, 0.717) is 29.4 Å². The maximum absolute atomic E-state index is 12.9. The zero-order valence-corrected chi connectivity index (χ0v) is 19.7. The molecule has 1 heterocycles. The van der Waals surface area contributed by atoms with Crippen LogP contribution in [0.25, 0.3) is 10.8 Å². The van der Waals surface area contributed by atoms with Gasteiger partial charge in [0.15, 0.2) is 12.3 Å². The molecule has 1 aromatic heterocycles. The molecule has 4 aromatic rings. The van der Waals surface area contributed by atoms with E-state index in [4.69, 9.17) is 4.74 Å². The van der Waals surface area contributed by atoms with E-state index in [1.165, 1.54) is 4.68 Å². The number of esters is 1. The van der Waals surface area contributed by atoms with Crippen molar-refractivity contribution < 1.29 is 14.3 Å². The van der Waals surface area contributed by atoms with E-state index in [9.17, 15) is 14.4 Å². The van der Waals surface area contributed by atoms with Gasteiger partial charge in [-0.2, -0.15) is 5.10 Å². The molecule has 0 aliphatic rings. The molecule has 7 heteroatoms. The molecule has 1 amide bonds. The Balaban J connectivity index is 1.48. The van der Waals surface area contributed by atoms with Gasteiger partial charge in [-0.3, -0.25) is 9.59 Å². The molecule has 0 saturated heterocycles. The van der Waals surface area contributed by atoms with E-state index in [1.807, 2.05) is 68.4 Å². The first-order valence-electron chi connectivity index (χ1n) is 11.5. The first kappa shape index (κ1) is 23.9. The lowest BCUT2D eigenvalue weighted by molar-refractivity contribution is -0.119. The van der Waals surface area contributed by atoms with Crippen molar-refractivity contribution >= 4 is 28.3 Å². The standard InChI is InChI=1S/C28H27N3O4/c1-19(2)17-31-27(33)23-14-8-7-13-22(23)26(30-31)28(34)35-18-25(32)29-24-15-9-6-12-21(24)16-20-10-4-3-5-11-20/h3-15,19H,16-18H2,1-2H3,(H,29,32). The Hall–Kier alpha value is -4.26. The average molecular weight is 470 g/mol. The molecule has 0 bridgehead atoms. The number of carbonyl (C=O) groups is 2. The van der Waals surface area contributed by atoms with E-state index in [1.54, 1.807) is 24.3 Å². The number of hydrogen-bond acceptors (Lipinski definition) is 5. The fourth-order valence-electron chi connectivity index (χ4n) is 3.85. The summed E-state index contributed by atoms with van der Waals surface area (Å²) in [5.74, 6) is -1.06. The van der Waals surface area contributed by atoms with Crippen molar-refractivity contribution in [1.29, 1.82) is 0 Å². The van der Waals surface area contributed by atoms with E-state index < -0.39 is 18.5 Å². The third kappa shape index (κ3) is 5.81. The van der Waals surface area contributed by atoms with E-state index >= 15 is 0 Å². The molecule has 4 rings (SSSR count). The van der Waals surface area contributed by atoms with Crippen LogP contribution in [-0.2, 0) is 22.5 Å². The minimum absolute atomic E-state index is 0.0122. The summed E-state index contributed by atoms with van der Waals surface area (Å²) in [5.41, 5.74) is 2.48. The summed E-state index contributed by atoms with van der Waals surface area (Å²) < 4.78 is 6.58. The van der Waals surface area contributed by atoms with Crippen molar-refractivity contribution in [2.45, 2.75) is 26.8 Å². The second-order valence-corrected chi connectivity index (χ2v) is 8.72. The molecule has 0 atom stereocenters. The Morgan fingerprint density at radius 3 is 2.31 bits per heavy atom. The SMILES string of the molecule is CC(C)Cn1nc(C(=O)OCC(=O)Nc2ccccc2Cc2ccccc2)c2ccccc2c1=O. The van der Waals surface area contributed by atoms with E-state index in [2.05, 4.69) is 10.4 Å². The molecule has 1 N–H and O–H groups in total. The van der Waals surface area contributed by atoms with Crippen LogP contribution in [0, 0.1) is 5.92 Å². The Kier molecular flexibility index (Phi) is 7.35. The highest BCUT2D eigenvalue weighted by molar-refractivity contribution is 6.03. The topological polar surface area (TPSA) is 90.3 Å². The van der Waals surface area contributed by atoms with Crippen LogP contribution in [0.3, 0.4) is 0 Å². The predicted molar refractivity (Wildman–Crippen MR) is 135 cm³/mol. The fourth-order valence-corrected chi connectivity index (χ4v) is 3.85. The lowest BCUT2D eigenvalue weighted by atomic mass is 10.0. The number of para-hydroxylation sites is 1. The van der Waals surface area contributed by atoms with Gasteiger partial charge in [-0.1, -0.05) is 80.6 Å². The molecule has 178 valence electrons. The highest BCUT2D eigenvalue weighted by Crippen LogP contribution is 2.19. The van der Waals surface area contributed by atoms with Crippen molar-refractivity contribution in [1.82, 2.24) is 9.78 Å². The molecule has 35 heavy (non-hydrogen) atoms. The van der Waals surface area contributed by atoms with Gasteiger partial charge in [0, 0.05) is 17.6 Å². The average Bonchev–Trinajstić information content (AvgIpc) is 2.86. The molecule has 0 radical (unpaired) electrons. The zero-order valence-electron chi connectivity index (χ0n) is 19.7. The molecule has 7 nitrogen and oxygen atoms in total. The number of nitrogens with one attached hydrogen (secondary N) is 1. The van der Waals surface area contributed by atoms with Gasteiger partial charge in [0.25, 0.3) is 11.5 Å². The van der Waals surface area contributed by atoms with Crippen LogP contribution in [0.15, 0.2) is 83.7 Å². The summed E-state index contributed by atoms with van der Waals surface area (Å²) in [4.78, 5) is 38.3. The zero-order chi connectivity index (χ0) is 24.8. The quantitative estimate of drug-likeness (QED) is 0.385. The van der Waals surface area contributed by atoms with Gasteiger partial charge in [0.2, 0.25) is 0 Å². The number of fused-ring (bicyclic) bond motifs is 1. The second kappa shape index (κ2) is 10.8. The van der Waals surface area contributed by atoms with Crippen LogP contribution < -0.4 is 10.9 Å². The first-order valence-corrected chi connectivity index (χ1v) is 11.5.